The van der Waals surface area contributed by atoms with E-state index in [0.717, 1.165) is 29.7 Å². The lowest BCUT2D eigenvalue weighted by Gasteiger charge is -2.11. The smallest absolute Gasteiger partial charge is 0.255 e. The number of rotatable bonds is 7. The average molecular weight is 360 g/mol. The van der Waals surface area contributed by atoms with Crippen molar-refractivity contribution >= 4 is 21.6 Å². The summed E-state index contributed by atoms with van der Waals surface area (Å²) in [5, 5.41) is 2.86. The zero-order valence-electron chi connectivity index (χ0n) is 14.8. The molecule has 0 fully saturated rings. The minimum atomic E-state index is -3.53. The van der Waals surface area contributed by atoms with E-state index < -0.39 is 10.0 Å². The van der Waals surface area contributed by atoms with Gasteiger partial charge in [-0.25, -0.2) is 13.1 Å². The highest BCUT2D eigenvalue weighted by atomic mass is 32.2. The number of benzene rings is 2. The monoisotopic (exact) mass is 360 g/mol. The molecule has 0 saturated heterocycles. The predicted molar refractivity (Wildman–Crippen MR) is 100 cm³/mol. The van der Waals surface area contributed by atoms with Gasteiger partial charge in [-0.15, -0.1) is 0 Å². The lowest BCUT2D eigenvalue weighted by molar-refractivity contribution is 0.102. The molecule has 25 heavy (non-hydrogen) atoms. The molecule has 0 saturated carbocycles. The molecule has 0 heterocycles. The summed E-state index contributed by atoms with van der Waals surface area (Å²) in [5.41, 5.74) is 3.27. The molecule has 2 aromatic carbocycles. The Morgan fingerprint density at radius 2 is 1.72 bits per heavy atom. The third-order valence-corrected chi connectivity index (χ3v) is 5.58. The van der Waals surface area contributed by atoms with Crippen LogP contribution in [0, 0.1) is 13.8 Å². The fourth-order valence-corrected chi connectivity index (χ4v) is 3.41. The van der Waals surface area contributed by atoms with Crippen molar-refractivity contribution in [3.05, 3.63) is 59.2 Å². The molecule has 5 nitrogen and oxygen atoms in total. The van der Waals surface area contributed by atoms with E-state index in [0.29, 0.717) is 12.1 Å². The molecule has 0 bridgehead atoms. The van der Waals surface area contributed by atoms with Crippen molar-refractivity contribution in [1.29, 1.82) is 0 Å². The quantitative estimate of drug-likeness (QED) is 0.740. The number of aryl methyl sites for hydroxylation is 1. The highest BCUT2D eigenvalue weighted by Gasteiger charge is 2.14. The van der Waals surface area contributed by atoms with E-state index in [9.17, 15) is 13.2 Å². The van der Waals surface area contributed by atoms with Gasteiger partial charge in [-0.2, -0.15) is 0 Å². The van der Waals surface area contributed by atoms with Gasteiger partial charge in [0.25, 0.3) is 5.91 Å². The largest absolute Gasteiger partial charge is 0.322 e. The van der Waals surface area contributed by atoms with Gasteiger partial charge in [0.05, 0.1) is 4.90 Å². The molecule has 0 unspecified atom stereocenters. The molecule has 0 radical (unpaired) electrons. The summed E-state index contributed by atoms with van der Waals surface area (Å²) in [7, 11) is -3.53. The maximum atomic E-state index is 12.4. The number of unbranched alkanes of at least 4 members (excludes halogenated alkanes) is 1. The van der Waals surface area contributed by atoms with Gasteiger partial charge in [-0.05, 0) is 61.7 Å². The van der Waals surface area contributed by atoms with Gasteiger partial charge in [-0.1, -0.05) is 25.5 Å². The fourth-order valence-electron chi connectivity index (χ4n) is 2.33. The molecule has 0 aliphatic heterocycles. The number of carbonyl (C=O) groups is 1. The molecule has 0 aliphatic rings. The van der Waals surface area contributed by atoms with Crippen LogP contribution in [-0.2, 0) is 10.0 Å². The number of nitrogens with one attached hydrogen (secondary N) is 2. The van der Waals surface area contributed by atoms with E-state index in [1.54, 1.807) is 0 Å². The van der Waals surface area contributed by atoms with E-state index in [1.165, 1.54) is 24.3 Å². The molecule has 0 aromatic heterocycles. The second-order valence-electron chi connectivity index (χ2n) is 5.98. The summed E-state index contributed by atoms with van der Waals surface area (Å²) in [6.45, 7) is 6.34. The van der Waals surface area contributed by atoms with Gasteiger partial charge in [0, 0.05) is 17.8 Å². The van der Waals surface area contributed by atoms with Gasteiger partial charge in [0.15, 0.2) is 0 Å². The standard InChI is InChI=1S/C19H24N2O3S/c1-4-5-13-20-25(23,24)17-11-9-16(10-12-17)19(22)21-18-8-6-7-14(2)15(18)3/h6-12,20H,4-5,13H2,1-3H3,(H,21,22). The molecule has 2 rings (SSSR count). The van der Waals surface area contributed by atoms with Crippen LogP contribution < -0.4 is 10.0 Å². The summed E-state index contributed by atoms with van der Waals surface area (Å²) >= 11 is 0. The molecule has 0 aliphatic carbocycles. The maximum Gasteiger partial charge on any atom is 0.255 e. The van der Waals surface area contributed by atoms with Crippen molar-refractivity contribution in [2.24, 2.45) is 0 Å². The molecule has 6 heteroatoms. The summed E-state index contributed by atoms with van der Waals surface area (Å²) in [6.07, 6.45) is 1.70. The molecule has 1 amide bonds. The Morgan fingerprint density at radius 3 is 2.36 bits per heavy atom. The van der Waals surface area contributed by atoms with Crippen molar-refractivity contribution in [3.63, 3.8) is 0 Å². The first-order valence-corrected chi connectivity index (χ1v) is 9.80. The molecule has 2 N–H and O–H groups in total. The SMILES string of the molecule is CCCCNS(=O)(=O)c1ccc(C(=O)Nc2cccc(C)c2C)cc1. The predicted octanol–water partition coefficient (Wildman–Crippen LogP) is 3.63. The van der Waals surface area contributed by atoms with Gasteiger partial charge in [0.2, 0.25) is 10.0 Å². The number of sulfonamides is 1. The number of anilines is 1. The number of amides is 1. The Bertz CT molecular complexity index is 843. The lowest BCUT2D eigenvalue weighted by atomic mass is 10.1. The average Bonchev–Trinajstić information content (AvgIpc) is 2.59. The Balaban J connectivity index is 2.11. The molecular weight excluding hydrogens is 336 g/mol. The second kappa shape index (κ2) is 8.27. The summed E-state index contributed by atoms with van der Waals surface area (Å²) < 4.78 is 26.8. The van der Waals surface area contributed by atoms with Gasteiger partial charge in [-0.3, -0.25) is 4.79 Å². The molecule has 0 spiro atoms. The van der Waals surface area contributed by atoms with Crippen molar-refractivity contribution in [2.45, 2.75) is 38.5 Å². The van der Waals surface area contributed by atoms with Crippen LogP contribution >= 0.6 is 0 Å². The van der Waals surface area contributed by atoms with E-state index in [1.807, 2.05) is 39.0 Å². The number of carbonyl (C=O) groups excluding carboxylic acids is 1. The molecule has 2 aromatic rings. The minimum absolute atomic E-state index is 0.159. The first-order chi connectivity index (χ1) is 11.8. The zero-order valence-corrected chi connectivity index (χ0v) is 15.6. The van der Waals surface area contributed by atoms with Crippen LogP contribution in [0.4, 0.5) is 5.69 Å². The van der Waals surface area contributed by atoms with Crippen LogP contribution in [0.25, 0.3) is 0 Å². The molecule has 134 valence electrons. The third kappa shape index (κ3) is 4.90. The highest BCUT2D eigenvalue weighted by Crippen LogP contribution is 2.19. The fraction of sp³-hybridized carbons (Fsp3) is 0.316. The van der Waals surface area contributed by atoms with Gasteiger partial charge in [0.1, 0.15) is 0 Å². The van der Waals surface area contributed by atoms with Crippen molar-refractivity contribution in [3.8, 4) is 0 Å². The van der Waals surface area contributed by atoms with Crippen molar-refractivity contribution in [2.75, 3.05) is 11.9 Å². The first kappa shape index (κ1) is 19.1. The molecular formula is C19H24N2O3S. The van der Waals surface area contributed by atoms with E-state index in [2.05, 4.69) is 10.0 Å². The van der Waals surface area contributed by atoms with E-state index in [4.69, 9.17) is 0 Å². The Kier molecular flexibility index (Phi) is 6.33. The van der Waals surface area contributed by atoms with Crippen LogP contribution in [0.15, 0.2) is 47.4 Å². The number of hydrogen-bond donors (Lipinski definition) is 2. The Morgan fingerprint density at radius 1 is 1.04 bits per heavy atom. The van der Waals surface area contributed by atoms with Crippen LogP contribution in [0.5, 0.6) is 0 Å². The lowest BCUT2D eigenvalue weighted by Crippen LogP contribution is -2.24. The van der Waals surface area contributed by atoms with Crippen LogP contribution in [0.1, 0.15) is 41.3 Å². The van der Waals surface area contributed by atoms with E-state index >= 15 is 0 Å². The summed E-state index contributed by atoms with van der Waals surface area (Å²) in [5.74, 6) is -0.267. The maximum absolute atomic E-state index is 12.4. The number of hydrogen-bond acceptors (Lipinski definition) is 3. The first-order valence-electron chi connectivity index (χ1n) is 8.32. The summed E-state index contributed by atoms with van der Waals surface area (Å²) in [6, 6.07) is 11.7. The highest BCUT2D eigenvalue weighted by molar-refractivity contribution is 7.89. The zero-order chi connectivity index (χ0) is 18.4. The van der Waals surface area contributed by atoms with Crippen LogP contribution in [0.2, 0.25) is 0 Å². The van der Waals surface area contributed by atoms with Gasteiger partial charge < -0.3 is 5.32 Å². The minimum Gasteiger partial charge on any atom is -0.322 e. The normalized spacial score (nSPS) is 11.3. The van der Waals surface area contributed by atoms with Gasteiger partial charge >= 0.3 is 0 Å². The van der Waals surface area contributed by atoms with Crippen molar-refractivity contribution in [1.82, 2.24) is 4.72 Å². The van der Waals surface area contributed by atoms with Crippen LogP contribution in [-0.4, -0.2) is 20.9 Å². The topological polar surface area (TPSA) is 75.3 Å². The second-order valence-corrected chi connectivity index (χ2v) is 7.74. The third-order valence-electron chi connectivity index (χ3n) is 4.10. The Hall–Kier alpha value is -2.18. The summed E-state index contributed by atoms with van der Waals surface area (Å²) in [4.78, 5) is 12.5. The van der Waals surface area contributed by atoms with Crippen LogP contribution in [0.3, 0.4) is 0 Å². The van der Waals surface area contributed by atoms with Crippen molar-refractivity contribution < 1.29 is 13.2 Å². The Labute approximate surface area is 149 Å². The van der Waals surface area contributed by atoms with E-state index in [-0.39, 0.29) is 10.8 Å². The molecule has 0 atom stereocenters.